The van der Waals surface area contributed by atoms with Crippen molar-refractivity contribution < 1.29 is 4.74 Å². The van der Waals surface area contributed by atoms with Gasteiger partial charge in [0.15, 0.2) is 0 Å². The third kappa shape index (κ3) is 3.09. The molecule has 0 aromatic carbocycles. The average molecular weight is 192 g/mol. The third-order valence-corrected chi connectivity index (χ3v) is 1.81. The lowest BCUT2D eigenvalue weighted by molar-refractivity contribution is 0.302. The Morgan fingerprint density at radius 3 is 3.07 bits per heavy atom. The normalized spacial score (nSPS) is 9.79. The lowest BCUT2D eigenvalue weighted by Crippen LogP contribution is -2.02. The van der Waals surface area contributed by atoms with E-state index in [1.54, 1.807) is 6.20 Å². The van der Waals surface area contributed by atoms with E-state index in [0.717, 1.165) is 18.4 Å². The number of aryl methyl sites for hydroxylation is 1. The largest absolute Gasteiger partial charge is 0.476 e. The summed E-state index contributed by atoms with van der Waals surface area (Å²) in [6.07, 6.45) is 5.51. The predicted molar refractivity (Wildman–Crippen MR) is 58.3 cm³/mol. The number of unbranched alkanes of at least 4 members (excludes halogenated alkanes) is 1. The summed E-state index contributed by atoms with van der Waals surface area (Å²) in [6, 6.07) is 1.86. The second kappa shape index (κ2) is 5.27. The molecule has 1 rings (SSSR count). The fourth-order valence-corrected chi connectivity index (χ4v) is 1.10. The number of pyridine rings is 1. The second-order valence-corrected chi connectivity index (χ2v) is 3.19. The van der Waals surface area contributed by atoms with Crippen molar-refractivity contribution in [2.75, 3.05) is 12.3 Å². The van der Waals surface area contributed by atoms with Gasteiger partial charge < -0.3 is 10.5 Å². The minimum Gasteiger partial charge on any atom is -0.476 e. The van der Waals surface area contributed by atoms with Crippen LogP contribution in [-0.4, -0.2) is 11.6 Å². The number of rotatable bonds is 5. The molecule has 0 fully saturated rings. The number of nitrogens with zero attached hydrogens (tertiary/aromatic N) is 1. The highest BCUT2D eigenvalue weighted by Gasteiger charge is 2.00. The number of ether oxygens (including phenoxy) is 1. The summed E-state index contributed by atoms with van der Waals surface area (Å²) >= 11 is 0. The lowest BCUT2D eigenvalue weighted by Gasteiger charge is -2.06. The van der Waals surface area contributed by atoms with Gasteiger partial charge in [0.1, 0.15) is 0 Å². The highest BCUT2D eigenvalue weighted by molar-refractivity contribution is 5.49. The lowest BCUT2D eigenvalue weighted by atomic mass is 10.3. The summed E-state index contributed by atoms with van der Waals surface area (Å²) < 4.78 is 5.41. The van der Waals surface area contributed by atoms with E-state index in [-0.39, 0.29) is 0 Å². The SMILES string of the molecule is C=CCCCOc1ncc(C)cc1N. The van der Waals surface area contributed by atoms with E-state index >= 15 is 0 Å². The molecule has 0 unspecified atom stereocenters. The van der Waals surface area contributed by atoms with Crippen LogP contribution in [0.15, 0.2) is 24.9 Å². The Bertz CT molecular complexity index is 310. The zero-order valence-electron chi connectivity index (χ0n) is 8.49. The third-order valence-electron chi connectivity index (χ3n) is 1.81. The molecule has 3 nitrogen and oxygen atoms in total. The van der Waals surface area contributed by atoms with Crippen molar-refractivity contribution in [2.24, 2.45) is 0 Å². The van der Waals surface area contributed by atoms with Gasteiger partial charge in [-0.15, -0.1) is 6.58 Å². The van der Waals surface area contributed by atoms with Gasteiger partial charge in [0.05, 0.1) is 12.3 Å². The molecule has 0 saturated heterocycles. The van der Waals surface area contributed by atoms with Gasteiger partial charge in [-0.05, 0) is 31.4 Å². The molecule has 1 aromatic heterocycles. The summed E-state index contributed by atoms with van der Waals surface area (Å²) in [5.41, 5.74) is 7.37. The van der Waals surface area contributed by atoms with E-state index in [2.05, 4.69) is 11.6 Å². The average Bonchev–Trinajstić information content (AvgIpc) is 2.15. The number of nitrogens with two attached hydrogens (primary N) is 1. The molecule has 3 heteroatoms. The van der Waals surface area contributed by atoms with Crippen LogP contribution in [0, 0.1) is 6.92 Å². The minimum absolute atomic E-state index is 0.527. The maximum absolute atomic E-state index is 5.73. The van der Waals surface area contributed by atoms with E-state index in [1.165, 1.54) is 0 Å². The molecule has 0 radical (unpaired) electrons. The van der Waals surface area contributed by atoms with Crippen LogP contribution in [0.2, 0.25) is 0 Å². The zero-order chi connectivity index (χ0) is 10.4. The Labute approximate surface area is 84.6 Å². The molecule has 0 bridgehead atoms. The van der Waals surface area contributed by atoms with Crippen molar-refractivity contribution in [1.29, 1.82) is 0 Å². The van der Waals surface area contributed by atoms with Gasteiger partial charge >= 0.3 is 0 Å². The van der Waals surface area contributed by atoms with E-state index in [0.29, 0.717) is 18.2 Å². The number of nitrogen functional groups attached to an aromatic ring is 1. The van der Waals surface area contributed by atoms with Gasteiger partial charge in [0, 0.05) is 6.20 Å². The van der Waals surface area contributed by atoms with Gasteiger partial charge in [0.2, 0.25) is 5.88 Å². The Kier molecular flexibility index (Phi) is 3.98. The Morgan fingerprint density at radius 1 is 1.64 bits per heavy atom. The Morgan fingerprint density at radius 2 is 2.43 bits per heavy atom. The fraction of sp³-hybridized carbons (Fsp3) is 0.364. The number of allylic oxidation sites excluding steroid dienone is 1. The highest BCUT2D eigenvalue weighted by Crippen LogP contribution is 2.18. The van der Waals surface area contributed by atoms with Gasteiger partial charge in [-0.3, -0.25) is 0 Å². The molecule has 0 amide bonds. The van der Waals surface area contributed by atoms with Crippen molar-refractivity contribution in [3.63, 3.8) is 0 Å². The molecule has 0 saturated carbocycles. The first-order valence-corrected chi connectivity index (χ1v) is 4.70. The molecule has 2 N–H and O–H groups in total. The van der Waals surface area contributed by atoms with Crippen LogP contribution in [0.25, 0.3) is 0 Å². The molecule has 0 aliphatic rings. The molecule has 1 aromatic rings. The molecule has 0 aliphatic carbocycles. The van der Waals surface area contributed by atoms with E-state index in [4.69, 9.17) is 10.5 Å². The molecular weight excluding hydrogens is 176 g/mol. The summed E-state index contributed by atoms with van der Waals surface area (Å²) in [5, 5.41) is 0. The first-order valence-electron chi connectivity index (χ1n) is 4.70. The number of hydrogen-bond acceptors (Lipinski definition) is 3. The summed E-state index contributed by atoms with van der Waals surface area (Å²) in [6.45, 7) is 6.22. The van der Waals surface area contributed by atoms with Gasteiger partial charge in [-0.25, -0.2) is 4.98 Å². The number of anilines is 1. The van der Waals surface area contributed by atoms with Crippen LogP contribution in [0.4, 0.5) is 5.69 Å². The molecule has 1 heterocycles. The molecule has 0 aliphatic heterocycles. The highest BCUT2D eigenvalue weighted by atomic mass is 16.5. The first-order chi connectivity index (χ1) is 6.74. The summed E-state index contributed by atoms with van der Waals surface area (Å²) in [5.74, 6) is 0.527. The monoisotopic (exact) mass is 192 g/mol. The van der Waals surface area contributed by atoms with E-state index < -0.39 is 0 Å². The van der Waals surface area contributed by atoms with Crippen molar-refractivity contribution in [3.05, 3.63) is 30.5 Å². The van der Waals surface area contributed by atoms with E-state index in [9.17, 15) is 0 Å². The van der Waals surface area contributed by atoms with E-state index in [1.807, 2.05) is 19.1 Å². The smallest absolute Gasteiger partial charge is 0.237 e. The first kappa shape index (κ1) is 10.6. The van der Waals surface area contributed by atoms with Crippen molar-refractivity contribution in [1.82, 2.24) is 4.98 Å². The molecule has 14 heavy (non-hydrogen) atoms. The molecule has 0 spiro atoms. The summed E-state index contributed by atoms with van der Waals surface area (Å²) in [4.78, 5) is 4.10. The van der Waals surface area contributed by atoms with Crippen LogP contribution in [0.5, 0.6) is 5.88 Å². The van der Waals surface area contributed by atoms with Gasteiger partial charge in [-0.2, -0.15) is 0 Å². The maximum atomic E-state index is 5.73. The number of aromatic nitrogens is 1. The zero-order valence-corrected chi connectivity index (χ0v) is 8.49. The van der Waals surface area contributed by atoms with Crippen molar-refractivity contribution in [3.8, 4) is 5.88 Å². The Balaban J connectivity index is 2.46. The maximum Gasteiger partial charge on any atom is 0.237 e. The van der Waals surface area contributed by atoms with Crippen LogP contribution in [-0.2, 0) is 0 Å². The van der Waals surface area contributed by atoms with Crippen LogP contribution in [0.1, 0.15) is 18.4 Å². The quantitative estimate of drug-likeness (QED) is 0.575. The Hall–Kier alpha value is -1.51. The number of hydrogen-bond donors (Lipinski definition) is 1. The molecule has 0 atom stereocenters. The summed E-state index contributed by atoms with van der Waals surface area (Å²) in [7, 11) is 0. The molecule has 76 valence electrons. The van der Waals surface area contributed by atoms with Crippen molar-refractivity contribution >= 4 is 5.69 Å². The van der Waals surface area contributed by atoms with Gasteiger partial charge in [0.25, 0.3) is 0 Å². The second-order valence-electron chi connectivity index (χ2n) is 3.19. The van der Waals surface area contributed by atoms with Crippen LogP contribution < -0.4 is 10.5 Å². The molecular formula is C11H16N2O. The standard InChI is InChI=1S/C11H16N2O/c1-3-4-5-6-14-11-10(12)7-9(2)8-13-11/h3,7-8H,1,4-6,12H2,2H3. The topological polar surface area (TPSA) is 48.1 Å². The van der Waals surface area contributed by atoms with Crippen LogP contribution >= 0.6 is 0 Å². The van der Waals surface area contributed by atoms with Crippen molar-refractivity contribution in [2.45, 2.75) is 19.8 Å². The minimum atomic E-state index is 0.527. The van der Waals surface area contributed by atoms with Crippen LogP contribution in [0.3, 0.4) is 0 Å². The predicted octanol–water partition coefficient (Wildman–Crippen LogP) is 2.32. The van der Waals surface area contributed by atoms with Gasteiger partial charge in [-0.1, -0.05) is 6.08 Å². The fourth-order valence-electron chi connectivity index (χ4n) is 1.10.